The molecule has 0 aliphatic heterocycles. The van der Waals surface area contributed by atoms with Crippen LogP contribution in [0.4, 0.5) is 0 Å². The summed E-state index contributed by atoms with van der Waals surface area (Å²) < 4.78 is 45.1. The molecular weight excluding hydrogens is 423 g/mol. The molecule has 1 atom stereocenters. The Bertz CT molecular complexity index is 751. The van der Waals surface area contributed by atoms with Crippen molar-refractivity contribution in [2.75, 3.05) is 19.5 Å². The molecule has 29 heavy (non-hydrogen) atoms. The van der Waals surface area contributed by atoms with Gasteiger partial charge in [0.2, 0.25) is 5.34 Å². The summed E-state index contributed by atoms with van der Waals surface area (Å²) in [7, 11) is -8.50. The Morgan fingerprint density at radius 1 is 1.03 bits per heavy atom. The monoisotopic (exact) mass is 454 g/mol. The molecule has 0 aliphatic rings. The van der Waals surface area contributed by atoms with Crippen molar-refractivity contribution in [2.24, 2.45) is 11.8 Å². The van der Waals surface area contributed by atoms with Crippen molar-refractivity contribution in [1.29, 1.82) is 0 Å². The van der Waals surface area contributed by atoms with Crippen LogP contribution in [-0.4, -0.2) is 49.1 Å². The van der Waals surface area contributed by atoms with E-state index in [1.165, 1.54) is 0 Å². The quantitative estimate of drug-likeness (QED) is 0.200. The Labute approximate surface area is 172 Å². The smallest absolute Gasteiger partial charge is 0.360 e. The van der Waals surface area contributed by atoms with Gasteiger partial charge in [-0.15, -0.1) is 0 Å². The van der Waals surface area contributed by atoms with E-state index in [1.807, 2.05) is 30.3 Å². The van der Waals surface area contributed by atoms with Crippen LogP contribution in [0.5, 0.6) is 0 Å². The number of rotatable bonds is 13. The zero-order valence-corrected chi connectivity index (χ0v) is 19.1. The van der Waals surface area contributed by atoms with Crippen molar-refractivity contribution < 1.29 is 41.5 Å². The summed E-state index contributed by atoms with van der Waals surface area (Å²) in [6.45, 7) is 6.12. The molecule has 0 aromatic heterocycles. The number of benzene rings is 1. The molecular formula is C18H31O9PS. The molecule has 1 rings (SSSR count). The Morgan fingerprint density at radius 2 is 1.59 bits per heavy atom. The summed E-state index contributed by atoms with van der Waals surface area (Å²) in [5.41, 5.74) is 0.894. The highest BCUT2D eigenvalue weighted by Crippen LogP contribution is 2.59. The zero-order valence-electron chi connectivity index (χ0n) is 17.3. The lowest BCUT2D eigenvalue weighted by Crippen LogP contribution is -2.45. The highest BCUT2D eigenvalue weighted by Gasteiger charge is 2.55. The molecule has 0 heterocycles. The first-order chi connectivity index (χ1) is 13.3. The van der Waals surface area contributed by atoms with Gasteiger partial charge in [0, 0.05) is 0 Å². The molecule has 0 unspecified atom stereocenters. The van der Waals surface area contributed by atoms with Gasteiger partial charge in [-0.3, -0.25) is 8.75 Å². The molecule has 1 aromatic rings. The fraction of sp³-hybridized carbons (Fsp3) is 0.667. The van der Waals surface area contributed by atoms with E-state index < -0.39 is 47.6 Å². The first-order valence-electron chi connectivity index (χ1n) is 9.15. The van der Waals surface area contributed by atoms with Crippen molar-refractivity contribution >= 4 is 17.7 Å². The standard InChI is InChI=1S/C18H31O9PS/c1-14(2)18(15(3)4,28(19,20)21)27-26-17(13-25-29(5,22)23)12-24-11-16-9-7-6-8-10-16/h6-10,14-15,17H,11-13H2,1-5H3,(H2,19,20,21)/t17-/m1/s1. The van der Waals surface area contributed by atoms with Crippen LogP contribution < -0.4 is 0 Å². The summed E-state index contributed by atoms with van der Waals surface area (Å²) >= 11 is 0. The van der Waals surface area contributed by atoms with Crippen LogP contribution in [0.3, 0.4) is 0 Å². The van der Waals surface area contributed by atoms with Crippen LogP contribution in [0.2, 0.25) is 0 Å². The van der Waals surface area contributed by atoms with E-state index in [-0.39, 0.29) is 13.2 Å². The van der Waals surface area contributed by atoms with Gasteiger partial charge in [-0.25, -0.2) is 9.78 Å². The second-order valence-electron chi connectivity index (χ2n) is 7.40. The number of hydrogen-bond acceptors (Lipinski definition) is 7. The van der Waals surface area contributed by atoms with E-state index in [2.05, 4.69) is 0 Å². The van der Waals surface area contributed by atoms with Crippen LogP contribution in [0.15, 0.2) is 30.3 Å². The first-order valence-corrected chi connectivity index (χ1v) is 12.6. The maximum atomic E-state index is 12.2. The van der Waals surface area contributed by atoms with Crippen LogP contribution in [-0.2, 0) is 40.0 Å². The Morgan fingerprint density at radius 3 is 2.03 bits per heavy atom. The van der Waals surface area contributed by atoms with Crippen molar-refractivity contribution in [1.82, 2.24) is 0 Å². The molecule has 0 bridgehead atoms. The summed E-state index contributed by atoms with van der Waals surface area (Å²) in [5, 5.41) is -1.91. The fourth-order valence-electron chi connectivity index (χ4n) is 2.91. The number of hydrogen-bond donors (Lipinski definition) is 2. The fourth-order valence-corrected chi connectivity index (χ4v) is 4.80. The van der Waals surface area contributed by atoms with E-state index >= 15 is 0 Å². The summed E-state index contributed by atoms with van der Waals surface area (Å²) in [4.78, 5) is 30.4. The maximum absolute atomic E-state index is 12.2. The third-order valence-electron chi connectivity index (χ3n) is 4.31. The van der Waals surface area contributed by atoms with Gasteiger partial charge in [-0.05, 0) is 17.4 Å². The zero-order chi connectivity index (χ0) is 22.3. The van der Waals surface area contributed by atoms with Crippen LogP contribution >= 0.6 is 7.60 Å². The third kappa shape index (κ3) is 8.07. The molecule has 0 radical (unpaired) electrons. The molecule has 0 saturated heterocycles. The topological polar surface area (TPSA) is 129 Å². The van der Waals surface area contributed by atoms with Gasteiger partial charge in [0.25, 0.3) is 10.1 Å². The largest absolute Gasteiger partial charge is 0.374 e. The van der Waals surface area contributed by atoms with Gasteiger partial charge in [0.05, 0.1) is 26.1 Å². The highest BCUT2D eigenvalue weighted by atomic mass is 32.2. The Balaban J connectivity index is 2.89. The van der Waals surface area contributed by atoms with Gasteiger partial charge in [-0.2, -0.15) is 8.42 Å². The van der Waals surface area contributed by atoms with Gasteiger partial charge in [-0.1, -0.05) is 58.0 Å². The number of ether oxygens (including phenoxy) is 1. The summed E-state index contributed by atoms with van der Waals surface area (Å²) in [6.07, 6.45) is -0.144. The summed E-state index contributed by atoms with van der Waals surface area (Å²) in [6, 6.07) is 9.28. The van der Waals surface area contributed by atoms with E-state index in [1.54, 1.807) is 27.7 Å². The van der Waals surface area contributed by atoms with Crippen LogP contribution in [0, 0.1) is 11.8 Å². The second-order valence-corrected chi connectivity index (χ2v) is 10.8. The minimum Gasteiger partial charge on any atom is -0.374 e. The Kier molecular flexibility index (Phi) is 9.91. The predicted octanol–water partition coefficient (Wildman–Crippen LogP) is 2.68. The van der Waals surface area contributed by atoms with Crippen LogP contribution in [0.1, 0.15) is 33.3 Å². The molecule has 0 fully saturated rings. The average molecular weight is 454 g/mol. The van der Waals surface area contributed by atoms with Crippen molar-refractivity contribution in [2.45, 2.75) is 45.7 Å². The lowest BCUT2D eigenvalue weighted by Gasteiger charge is -2.40. The molecule has 168 valence electrons. The average Bonchev–Trinajstić information content (AvgIpc) is 2.57. The van der Waals surface area contributed by atoms with Crippen molar-refractivity contribution in [3.8, 4) is 0 Å². The minimum atomic E-state index is -4.75. The van der Waals surface area contributed by atoms with Crippen molar-refractivity contribution in [3.63, 3.8) is 0 Å². The normalized spacial score (nSPS) is 14.5. The molecule has 0 amide bonds. The molecule has 11 heteroatoms. The lowest BCUT2D eigenvalue weighted by atomic mass is 9.95. The molecule has 9 nitrogen and oxygen atoms in total. The van der Waals surface area contributed by atoms with E-state index in [4.69, 9.17) is 18.7 Å². The minimum absolute atomic E-state index is 0.113. The first kappa shape index (κ1) is 26.2. The van der Waals surface area contributed by atoms with Gasteiger partial charge in [0.15, 0.2) is 0 Å². The van der Waals surface area contributed by atoms with Gasteiger partial charge < -0.3 is 14.5 Å². The highest BCUT2D eigenvalue weighted by molar-refractivity contribution is 7.85. The van der Waals surface area contributed by atoms with E-state index in [9.17, 15) is 22.8 Å². The van der Waals surface area contributed by atoms with Crippen molar-refractivity contribution in [3.05, 3.63) is 35.9 Å². The Hall–Kier alpha value is -0.840. The van der Waals surface area contributed by atoms with E-state index in [0.717, 1.165) is 11.8 Å². The molecule has 2 N–H and O–H groups in total. The summed E-state index contributed by atoms with van der Waals surface area (Å²) in [5.74, 6) is -1.19. The van der Waals surface area contributed by atoms with Crippen LogP contribution in [0.25, 0.3) is 0 Å². The van der Waals surface area contributed by atoms with Gasteiger partial charge >= 0.3 is 7.60 Å². The SMILES string of the molecule is CC(C)C(OO[C@H](COCc1ccccc1)COS(C)(=O)=O)(C(C)C)P(=O)(O)O. The molecule has 0 aliphatic carbocycles. The lowest BCUT2D eigenvalue weighted by molar-refractivity contribution is -0.388. The predicted molar refractivity (Wildman–Crippen MR) is 107 cm³/mol. The molecule has 1 aromatic carbocycles. The molecule has 0 spiro atoms. The second kappa shape index (κ2) is 11.0. The third-order valence-corrected chi connectivity index (χ3v) is 6.89. The van der Waals surface area contributed by atoms with E-state index in [0.29, 0.717) is 0 Å². The van der Waals surface area contributed by atoms with Gasteiger partial charge in [0.1, 0.15) is 6.10 Å². The molecule has 0 saturated carbocycles. The maximum Gasteiger partial charge on any atom is 0.360 e.